The zero-order chi connectivity index (χ0) is 22.0. The number of hydrogen-bond donors (Lipinski definition) is 1. The Labute approximate surface area is 177 Å². The summed E-state index contributed by atoms with van der Waals surface area (Å²) >= 11 is 0. The van der Waals surface area contributed by atoms with Crippen LogP contribution in [0.2, 0.25) is 0 Å². The molecule has 166 valence electrons. The van der Waals surface area contributed by atoms with Crippen LogP contribution in [0.15, 0.2) is 36.4 Å². The number of amides is 2. The number of benzene rings is 2. The van der Waals surface area contributed by atoms with E-state index in [4.69, 9.17) is 14.2 Å². The van der Waals surface area contributed by atoms with Crippen molar-refractivity contribution in [1.82, 2.24) is 10.2 Å². The first-order valence-corrected chi connectivity index (χ1v) is 10.0. The molecule has 2 amide bonds. The van der Waals surface area contributed by atoms with Gasteiger partial charge in [-0.15, -0.1) is 0 Å². The van der Waals surface area contributed by atoms with E-state index in [2.05, 4.69) is 5.32 Å². The number of methoxy groups -OCH3 is 1. The molecule has 31 heavy (non-hydrogen) atoms. The summed E-state index contributed by atoms with van der Waals surface area (Å²) in [6, 6.07) is 8.73. The van der Waals surface area contributed by atoms with E-state index in [1.807, 2.05) is 18.2 Å². The Hall–Kier alpha value is -3.10. The van der Waals surface area contributed by atoms with E-state index >= 15 is 0 Å². The van der Waals surface area contributed by atoms with Crippen molar-refractivity contribution in [3.8, 4) is 17.2 Å². The molecule has 1 N–H and O–H groups in total. The van der Waals surface area contributed by atoms with Crippen LogP contribution in [0.5, 0.6) is 17.2 Å². The molecule has 2 aliphatic heterocycles. The molecule has 2 aromatic carbocycles. The molecule has 1 fully saturated rings. The fourth-order valence-corrected chi connectivity index (χ4v) is 4.00. The third-order valence-corrected chi connectivity index (χ3v) is 5.52. The van der Waals surface area contributed by atoms with Gasteiger partial charge in [0.25, 0.3) is 0 Å². The number of nitrogens with zero attached hydrogens (tertiary/aromatic N) is 1. The summed E-state index contributed by atoms with van der Waals surface area (Å²) in [6.07, 6.45) is -2.97. The van der Waals surface area contributed by atoms with Gasteiger partial charge in [0.2, 0.25) is 0 Å². The Morgan fingerprint density at radius 1 is 1.16 bits per heavy atom. The molecule has 0 bridgehead atoms. The van der Waals surface area contributed by atoms with Crippen molar-refractivity contribution in [1.29, 1.82) is 0 Å². The van der Waals surface area contributed by atoms with Gasteiger partial charge in [0.15, 0.2) is 11.5 Å². The number of likely N-dealkylation sites (tertiary alicyclic amines) is 1. The minimum Gasteiger partial charge on any atom is -0.497 e. The average molecular weight is 436 g/mol. The lowest BCUT2D eigenvalue weighted by Gasteiger charge is -2.27. The number of hydrogen-bond acceptors (Lipinski definition) is 4. The number of halogens is 3. The first-order chi connectivity index (χ1) is 14.9. The fourth-order valence-electron chi connectivity index (χ4n) is 4.00. The highest BCUT2D eigenvalue weighted by atomic mass is 19.4. The van der Waals surface area contributed by atoms with Crippen LogP contribution in [0.1, 0.15) is 35.6 Å². The Morgan fingerprint density at radius 3 is 2.68 bits per heavy atom. The van der Waals surface area contributed by atoms with Gasteiger partial charge >= 0.3 is 12.2 Å². The molecule has 2 aliphatic rings. The maximum absolute atomic E-state index is 13.4. The molecule has 0 saturated carbocycles. The van der Waals surface area contributed by atoms with Crippen molar-refractivity contribution in [3.63, 3.8) is 0 Å². The molecule has 4 rings (SSSR count). The van der Waals surface area contributed by atoms with E-state index in [1.165, 1.54) is 19.2 Å². The van der Waals surface area contributed by atoms with Crippen LogP contribution in [0, 0.1) is 0 Å². The van der Waals surface area contributed by atoms with Crippen LogP contribution in [-0.4, -0.2) is 37.8 Å². The highest BCUT2D eigenvalue weighted by Gasteiger charge is 2.35. The summed E-state index contributed by atoms with van der Waals surface area (Å²) in [5.74, 6) is 1.42. The van der Waals surface area contributed by atoms with Gasteiger partial charge in [0.1, 0.15) is 19.0 Å². The number of fused-ring (bicyclic) bond motifs is 1. The molecule has 0 aliphatic carbocycles. The largest absolute Gasteiger partial charge is 0.497 e. The lowest BCUT2D eigenvalue weighted by atomic mass is 10.0. The number of urea groups is 1. The van der Waals surface area contributed by atoms with Crippen LogP contribution in [0.4, 0.5) is 18.0 Å². The van der Waals surface area contributed by atoms with Crippen molar-refractivity contribution in [3.05, 3.63) is 53.1 Å². The fraction of sp³-hybridized carbons (Fsp3) is 0.409. The van der Waals surface area contributed by atoms with E-state index in [9.17, 15) is 18.0 Å². The minimum absolute atomic E-state index is 0.0169. The van der Waals surface area contributed by atoms with E-state index in [-0.39, 0.29) is 23.9 Å². The number of nitrogens with one attached hydrogen (secondary N) is 1. The Morgan fingerprint density at radius 2 is 1.94 bits per heavy atom. The molecule has 2 aromatic rings. The number of carbonyl (C=O) groups excluding carboxylic acids is 1. The molecule has 0 aromatic heterocycles. The first kappa shape index (κ1) is 21.1. The van der Waals surface area contributed by atoms with Gasteiger partial charge in [0.05, 0.1) is 18.7 Å². The van der Waals surface area contributed by atoms with Crippen LogP contribution in [0.25, 0.3) is 0 Å². The lowest BCUT2D eigenvalue weighted by molar-refractivity contribution is -0.138. The number of alkyl halides is 3. The average Bonchev–Trinajstić information content (AvgIpc) is 3.26. The van der Waals surface area contributed by atoms with Crippen molar-refractivity contribution in [2.24, 2.45) is 0 Å². The Balaban J connectivity index is 1.48. The van der Waals surface area contributed by atoms with Crippen molar-refractivity contribution < 1.29 is 32.2 Å². The van der Waals surface area contributed by atoms with Crippen molar-refractivity contribution in [2.75, 3.05) is 26.9 Å². The van der Waals surface area contributed by atoms with Crippen molar-refractivity contribution >= 4 is 6.03 Å². The monoisotopic (exact) mass is 436 g/mol. The van der Waals surface area contributed by atoms with E-state index < -0.39 is 17.8 Å². The molecular weight excluding hydrogens is 413 g/mol. The maximum Gasteiger partial charge on any atom is 0.416 e. The summed E-state index contributed by atoms with van der Waals surface area (Å²) in [6.45, 7) is 1.26. The van der Waals surface area contributed by atoms with Gasteiger partial charge in [-0.05, 0) is 48.2 Å². The molecule has 6 nitrogen and oxygen atoms in total. The van der Waals surface area contributed by atoms with Gasteiger partial charge in [-0.2, -0.15) is 13.2 Å². The van der Waals surface area contributed by atoms with Gasteiger partial charge < -0.3 is 24.4 Å². The molecular formula is C22H23F3N2O4. The van der Waals surface area contributed by atoms with Gasteiger partial charge in [-0.25, -0.2) is 4.79 Å². The second-order valence-corrected chi connectivity index (χ2v) is 7.43. The normalized spacial score (nSPS) is 18.1. The number of rotatable bonds is 4. The van der Waals surface area contributed by atoms with Crippen LogP contribution < -0.4 is 19.5 Å². The zero-order valence-electron chi connectivity index (χ0n) is 17.0. The molecule has 1 atom stereocenters. The third kappa shape index (κ3) is 4.50. The molecule has 0 radical (unpaired) electrons. The number of carbonyl (C=O) groups is 1. The van der Waals surface area contributed by atoms with Crippen molar-refractivity contribution in [2.45, 2.75) is 31.6 Å². The number of ether oxygens (including phenoxy) is 3. The van der Waals surface area contributed by atoms with E-state index in [0.717, 1.165) is 24.5 Å². The predicted molar refractivity (Wildman–Crippen MR) is 106 cm³/mol. The summed E-state index contributed by atoms with van der Waals surface area (Å²) in [7, 11) is 1.31. The summed E-state index contributed by atoms with van der Waals surface area (Å²) in [5, 5.41) is 2.64. The van der Waals surface area contributed by atoms with Gasteiger partial charge in [0, 0.05) is 13.1 Å². The molecule has 2 heterocycles. The molecule has 1 unspecified atom stereocenters. The SMILES string of the molecule is COc1ccc(CNC(=O)N2CCCC2c2ccc3c(c2)OCCO3)c(C(F)(F)F)c1. The van der Waals surface area contributed by atoms with Crippen LogP contribution in [-0.2, 0) is 12.7 Å². The Bertz CT molecular complexity index is 964. The third-order valence-electron chi connectivity index (χ3n) is 5.52. The van der Waals surface area contributed by atoms with E-state index in [1.54, 1.807) is 4.90 Å². The lowest BCUT2D eigenvalue weighted by Crippen LogP contribution is -2.39. The van der Waals surface area contributed by atoms with Crippen LogP contribution in [0.3, 0.4) is 0 Å². The Kier molecular flexibility index (Phi) is 5.84. The summed E-state index contributed by atoms with van der Waals surface area (Å²) in [5.41, 5.74) is 0.0750. The molecule has 1 saturated heterocycles. The minimum atomic E-state index is -4.55. The second-order valence-electron chi connectivity index (χ2n) is 7.43. The second kappa shape index (κ2) is 8.56. The smallest absolute Gasteiger partial charge is 0.416 e. The molecule has 0 spiro atoms. The quantitative estimate of drug-likeness (QED) is 0.765. The highest BCUT2D eigenvalue weighted by Crippen LogP contribution is 2.38. The molecule has 9 heteroatoms. The van der Waals surface area contributed by atoms with Gasteiger partial charge in [-0.3, -0.25) is 0 Å². The van der Waals surface area contributed by atoms with E-state index in [0.29, 0.717) is 31.3 Å². The van der Waals surface area contributed by atoms with Crippen LogP contribution >= 0.6 is 0 Å². The highest BCUT2D eigenvalue weighted by molar-refractivity contribution is 5.75. The summed E-state index contributed by atoms with van der Waals surface area (Å²) < 4.78 is 56.3. The predicted octanol–water partition coefficient (Wildman–Crippen LogP) is 4.53. The zero-order valence-corrected chi connectivity index (χ0v) is 17.0. The standard InChI is InChI=1S/C22H23F3N2O4/c1-29-16-6-4-15(17(12-16)22(23,24)25)13-26-21(28)27-8-2-3-18(27)14-5-7-19-20(11-14)31-10-9-30-19/h4-7,11-12,18H,2-3,8-10,13H2,1H3,(H,26,28). The maximum atomic E-state index is 13.4. The summed E-state index contributed by atoms with van der Waals surface area (Å²) in [4.78, 5) is 14.5. The topological polar surface area (TPSA) is 60.0 Å². The van der Waals surface area contributed by atoms with Gasteiger partial charge in [-0.1, -0.05) is 12.1 Å². The first-order valence-electron chi connectivity index (χ1n) is 10.0.